The van der Waals surface area contributed by atoms with Crippen LogP contribution in [0.25, 0.3) is 0 Å². The summed E-state index contributed by atoms with van der Waals surface area (Å²) in [6, 6.07) is 0. The number of hydrogen-bond donors (Lipinski definition) is 0. The molecule has 0 amide bonds. The van der Waals surface area contributed by atoms with E-state index in [0.717, 1.165) is 23.7 Å². The highest BCUT2D eigenvalue weighted by molar-refractivity contribution is 4.75. The van der Waals surface area contributed by atoms with Gasteiger partial charge < -0.3 is 0 Å². The van der Waals surface area contributed by atoms with Crippen LogP contribution < -0.4 is 0 Å². The Balaban J connectivity index is 3.99. The molecule has 0 aromatic heterocycles. The van der Waals surface area contributed by atoms with Crippen molar-refractivity contribution in [1.82, 2.24) is 0 Å². The second kappa shape index (κ2) is 7.44. The van der Waals surface area contributed by atoms with Gasteiger partial charge in [-0.1, -0.05) is 74.7 Å². The molecule has 0 rings (SSSR count). The van der Waals surface area contributed by atoms with Crippen LogP contribution in [0.1, 0.15) is 81.1 Å². The molecule has 0 spiro atoms. The van der Waals surface area contributed by atoms with Gasteiger partial charge in [-0.3, -0.25) is 0 Å². The average Bonchev–Trinajstić information content (AvgIpc) is 2.23. The Hall–Kier alpha value is 0. The van der Waals surface area contributed by atoms with Gasteiger partial charge in [-0.25, -0.2) is 0 Å². The van der Waals surface area contributed by atoms with E-state index in [0.29, 0.717) is 5.41 Å². The summed E-state index contributed by atoms with van der Waals surface area (Å²) < 4.78 is 0. The van der Waals surface area contributed by atoms with Gasteiger partial charge in [0.15, 0.2) is 0 Å². The van der Waals surface area contributed by atoms with E-state index in [2.05, 4.69) is 55.4 Å². The van der Waals surface area contributed by atoms with Crippen molar-refractivity contribution in [3.05, 3.63) is 0 Å². The van der Waals surface area contributed by atoms with Gasteiger partial charge in [-0.2, -0.15) is 0 Å². The molecule has 0 heterocycles. The van der Waals surface area contributed by atoms with E-state index >= 15 is 0 Å². The van der Waals surface area contributed by atoms with E-state index < -0.39 is 0 Å². The van der Waals surface area contributed by atoms with Gasteiger partial charge in [0.2, 0.25) is 0 Å². The van der Waals surface area contributed by atoms with Crippen molar-refractivity contribution >= 4 is 0 Å². The second-order valence-electron chi connectivity index (χ2n) is 7.39. The molecule has 0 heteroatoms. The van der Waals surface area contributed by atoms with Crippen LogP contribution in [0.4, 0.5) is 0 Å². The molecule has 3 atom stereocenters. The molecule has 0 aliphatic carbocycles. The quantitative estimate of drug-likeness (QED) is 0.477. The highest BCUT2D eigenvalue weighted by atomic mass is 14.3. The van der Waals surface area contributed by atoms with Gasteiger partial charge in [0.1, 0.15) is 0 Å². The van der Waals surface area contributed by atoms with Crippen molar-refractivity contribution in [1.29, 1.82) is 0 Å². The summed E-state index contributed by atoms with van der Waals surface area (Å²) >= 11 is 0. The highest BCUT2D eigenvalue weighted by Gasteiger charge is 2.25. The summed E-state index contributed by atoms with van der Waals surface area (Å²) in [5, 5.41) is 0. The van der Waals surface area contributed by atoms with E-state index in [4.69, 9.17) is 0 Å². The van der Waals surface area contributed by atoms with E-state index in [9.17, 15) is 0 Å². The second-order valence-corrected chi connectivity index (χ2v) is 7.39. The van der Waals surface area contributed by atoms with E-state index in [-0.39, 0.29) is 0 Å². The maximum Gasteiger partial charge on any atom is -0.0329 e. The Morgan fingerprint density at radius 2 is 1.35 bits per heavy atom. The first kappa shape index (κ1) is 17.0. The Bertz CT molecular complexity index is 190. The first-order valence-electron chi connectivity index (χ1n) is 7.70. The molecule has 0 nitrogen and oxygen atoms in total. The Kier molecular flexibility index (Phi) is 7.44. The molecule has 0 aromatic rings. The lowest BCUT2D eigenvalue weighted by molar-refractivity contribution is 0.182. The van der Waals surface area contributed by atoms with Crippen LogP contribution in [0.5, 0.6) is 0 Å². The topological polar surface area (TPSA) is 0 Å². The van der Waals surface area contributed by atoms with Gasteiger partial charge >= 0.3 is 0 Å². The third kappa shape index (κ3) is 6.48. The van der Waals surface area contributed by atoms with Crippen molar-refractivity contribution in [2.24, 2.45) is 29.1 Å². The third-order valence-corrected chi connectivity index (χ3v) is 5.17. The molecule has 0 saturated heterocycles. The van der Waals surface area contributed by atoms with Gasteiger partial charge in [-0.05, 0) is 35.5 Å². The normalized spacial score (nSPS) is 18.2. The standard InChI is InChI=1S/C17H36/c1-9-15(5)16(6)11-10-14(4)12-17(7,8)13(2)3/h13-16H,9-12H2,1-8H3. The summed E-state index contributed by atoms with van der Waals surface area (Å²) in [6.07, 6.45) is 5.51. The van der Waals surface area contributed by atoms with Crippen molar-refractivity contribution in [2.75, 3.05) is 0 Å². The minimum Gasteiger partial charge on any atom is -0.0651 e. The highest BCUT2D eigenvalue weighted by Crippen LogP contribution is 2.35. The van der Waals surface area contributed by atoms with Gasteiger partial charge in [0, 0.05) is 0 Å². The monoisotopic (exact) mass is 240 g/mol. The molecule has 104 valence electrons. The van der Waals surface area contributed by atoms with Crippen LogP contribution in [-0.4, -0.2) is 0 Å². The molecule has 0 fully saturated rings. The zero-order valence-corrected chi connectivity index (χ0v) is 13.6. The lowest BCUT2D eigenvalue weighted by atomic mass is 9.73. The molecule has 0 radical (unpaired) electrons. The first-order chi connectivity index (χ1) is 7.70. The zero-order chi connectivity index (χ0) is 13.6. The summed E-state index contributed by atoms with van der Waals surface area (Å²) in [7, 11) is 0. The minimum atomic E-state index is 0.499. The summed E-state index contributed by atoms with van der Waals surface area (Å²) in [5.41, 5.74) is 0.499. The minimum absolute atomic E-state index is 0.499. The lowest BCUT2D eigenvalue weighted by Crippen LogP contribution is -2.22. The smallest absolute Gasteiger partial charge is 0.0329 e. The molecule has 0 saturated carbocycles. The van der Waals surface area contributed by atoms with Crippen LogP contribution in [0.3, 0.4) is 0 Å². The molecule has 0 N–H and O–H groups in total. The predicted molar refractivity (Wildman–Crippen MR) is 80.3 cm³/mol. The molecular formula is C17H36. The number of rotatable bonds is 8. The van der Waals surface area contributed by atoms with Gasteiger partial charge in [0.05, 0.1) is 0 Å². The maximum atomic E-state index is 2.44. The van der Waals surface area contributed by atoms with Crippen molar-refractivity contribution in [3.8, 4) is 0 Å². The lowest BCUT2D eigenvalue weighted by Gasteiger charge is -2.32. The molecule has 0 aliphatic heterocycles. The molecule has 0 bridgehead atoms. The third-order valence-electron chi connectivity index (χ3n) is 5.17. The Morgan fingerprint density at radius 1 is 0.824 bits per heavy atom. The van der Waals surface area contributed by atoms with Crippen LogP contribution in [0, 0.1) is 29.1 Å². The molecule has 0 aromatic carbocycles. The Labute approximate surface area is 111 Å². The van der Waals surface area contributed by atoms with Crippen molar-refractivity contribution < 1.29 is 0 Å². The average molecular weight is 240 g/mol. The van der Waals surface area contributed by atoms with Crippen LogP contribution in [-0.2, 0) is 0 Å². The van der Waals surface area contributed by atoms with Crippen molar-refractivity contribution in [3.63, 3.8) is 0 Å². The molecular weight excluding hydrogens is 204 g/mol. The van der Waals surface area contributed by atoms with E-state index in [1.165, 1.54) is 25.7 Å². The molecule has 17 heavy (non-hydrogen) atoms. The van der Waals surface area contributed by atoms with E-state index in [1.807, 2.05) is 0 Å². The van der Waals surface area contributed by atoms with Crippen molar-refractivity contribution in [2.45, 2.75) is 81.1 Å². The fourth-order valence-corrected chi connectivity index (χ4v) is 2.47. The summed E-state index contributed by atoms with van der Waals surface area (Å²) in [6.45, 7) is 19.1. The molecule has 0 aliphatic rings. The maximum absolute atomic E-state index is 2.44. The fraction of sp³-hybridized carbons (Fsp3) is 1.00. The summed E-state index contributed by atoms with van der Waals surface area (Å²) in [5.74, 6) is 3.45. The fourth-order valence-electron chi connectivity index (χ4n) is 2.47. The predicted octanol–water partition coefficient (Wildman–Crippen LogP) is 6.16. The van der Waals surface area contributed by atoms with Crippen LogP contribution >= 0.6 is 0 Å². The van der Waals surface area contributed by atoms with Crippen LogP contribution in [0.2, 0.25) is 0 Å². The summed E-state index contributed by atoms with van der Waals surface area (Å²) in [4.78, 5) is 0. The zero-order valence-electron chi connectivity index (χ0n) is 13.6. The molecule has 3 unspecified atom stereocenters. The number of hydrogen-bond acceptors (Lipinski definition) is 0. The Morgan fingerprint density at radius 3 is 1.76 bits per heavy atom. The largest absolute Gasteiger partial charge is 0.0651 e. The van der Waals surface area contributed by atoms with E-state index in [1.54, 1.807) is 0 Å². The van der Waals surface area contributed by atoms with Gasteiger partial charge in [-0.15, -0.1) is 0 Å². The SMILES string of the molecule is CCC(C)C(C)CCC(C)CC(C)(C)C(C)C. The van der Waals surface area contributed by atoms with Gasteiger partial charge in [0.25, 0.3) is 0 Å². The van der Waals surface area contributed by atoms with Crippen LogP contribution in [0.15, 0.2) is 0 Å². The first-order valence-corrected chi connectivity index (χ1v) is 7.70.